The van der Waals surface area contributed by atoms with Gasteiger partial charge in [-0.15, -0.1) is 0 Å². The minimum absolute atomic E-state index is 0.319. The van der Waals surface area contributed by atoms with Gasteiger partial charge < -0.3 is 10.1 Å². The molecule has 5 heteroatoms. The summed E-state index contributed by atoms with van der Waals surface area (Å²) in [5.41, 5.74) is 2.44. The Morgan fingerprint density at radius 1 is 1.14 bits per heavy atom. The van der Waals surface area contributed by atoms with Crippen molar-refractivity contribution in [3.63, 3.8) is 0 Å². The first-order chi connectivity index (χ1) is 10.5. The van der Waals surface area contributed by atoms with Crippen molar-refractivity contribution in [2.24, 2.45) is 0 Å². The maximum atomic E-state index is 11.8. The van der Waals surface area contributed by atoms with Gasteiger partial charge >= 0.3 is 5.97 Å². The molecule has 22 heavy (non-hydrogen) atoms. The molecule has 0 aliphatic rings. The molecule has 0 saturated heterocycles. The van der Waals surface area contributed by atoms with E-state index in [9.17, 15) is 9.59 Å². The van der Waals surface area contributed by atoms with Gasteiger partial charge in [0.1, 0.15) is 0 Å². The number of amides is 1. The number of hydrogen-bond acceptors (Lipinski definition) is 3. The topological polar surface area (TPSA) is 55.4 Å². The zero-order valence-electron chi connectivity index (χ0n) is 12.1. The van der Waals surface area contributed by atoms with Crippen molar-refractivity contribution in [1.29, 1.82) is 0 Å². The van der Waals surface area contributed by atoms with Gasteiger partial charge in [0.05, 0.1) is 5.56 Å². The molecule has 0 heterocycles. The summed E-state index contributed by atoms with van der Waals surface area (Å²) in [6.45, 7) is 2.06. The van der Waals surface area contributed by atoms with E-state index >= 15 is 0 Å². The van der Waals surface area contributed by atoms with E-state index in [4.69, 9.17) is 16.3 Å². The van der Waals surface area contributed by atoms with Gasteiger partial charge in [0, 0.05) is 11.6 Å². The van der Waals surface area contributed by atoms with Gasteiger partial charge in [0.25, 0.3) is 5.91 Å². The Morgan fingerprint density at radius 2 is 1.91 bits per heavy atom. The maximum Gasteiger partial charge on any atom is 0.338 e. The van der Waals surface area contributed by atoms with Crippen LogP contribution in [0, 0.1) is 6.92 Å². The molecular weight excluding hydrogens is 302 g/mol. The van der Waals surface area contributed by atoms with Crippen LogP contribution in [0.15, 0.2) is 48.5 Å². The molecule has 0 aliphatic carbocycles. The molecule has 0 unspecified atom stereocenters. The fourth-order valence-electron chi connectivity index (χ4n) is 1.90. The normalized spacial score (nSPS) is 10.1. The van der Waals surface area contributed by atoms with Crippen LogP contribution < -0.4 is 5.32 Å². The Balaban J connectivity index is 1.79. The summed E-state index contributed by atoms with van der Waals surface area (Å²) in [5.74, 6) is -0.926. The second-order valence-electron chi connectivity index (χ2n) is 4.85. The molecule has 0 bridgehead atoms. The highest BCUT2D eigenvalue weighted by molar-refractivity contribution is 6.30. The standard InChI is InChI=1S/C17H16ClNO3/c1-12-4-2-5-13(8-12)10-19-16(20)11-22-17(21)14-6-3-7-15(18)9-14/h2-9H,10-11H2,1H3,(H,19,20). The van der Waals surface area contributed by atoms with Crippen LogP contribution in [-0.2, 0) is 16.1 Å². The lowest BCUT2D eigenvalue weighted by molar-refractivity contribution is -0.124. The van der Waals surface area contributed by atoms with E-state index in [2.05, 4.69) is 5.32 Å². The molecule has 0 atom stereocenters. The predicted octanol–water partition coefficient (Wildman–Crippen LogP) is 3.12. The van der Waals surface area contributed by atoms with E-state index in [-0.39, 0.29) is 12.5 Å². The number of hydrogen-bond donors (Lipinski definition) is 1. The zero-order valence-corrected chi connectivity index (χ0v) is 12.9. The highest BCUT2D eigenvalue weighted by atomic mass is 35.5. The molecule has 1 N–H and O–H groups in total. The second-order valence-corrected chi connectivity index (χ2v) is 5.29. The van der Waals surface area contributed by atoms with Crippen LogP contribution >= 0.6 is 11.6 Å². The average molecular weight is 318 g/mol. The second kappa shape index (κ2) is 7.61. The van der Waals surface area contributed by atoms with Crippen molar-refractivity contribution in [3.8, 4) is 0 Å². The van der Waals surface area contributed by atoms with Crippen molar-refractivity contribution in [2.75, 3.05) is 6.61 Å². The quantitative estimate of drug-likeness (QED) is 0.862. The van der Waals surface area contributed by atoms with E-state index < -0.39 is 5.97 Å². The van der Waals surface area contributed by atoms with Crippen LogP contribution in [0.25, 0.3) is 0 Å². The van der Waals surface area contributed by atoms with Gasteiger partial charge in [-0.1, -0.05) is 47.5 Å². The molecule has 0 fully saturated rings. The summed E-state index contributed by atoms with van der Waals surface area (Å²) >= 11 is 5.79. The molecule has 0 aromatic heterocycles. The number of halogens is 1. The van der Waals surface area contributed by atoms with Gasteiger partial charge in [-0.05, 0) is 30.7 Å². The zero-order chi connectivity index (χ0) is 15.9. The lowest BCUT2D eigenvalue weighted by atomic mass is 10.1. The summed E-state index contributed by atoms with van der Waals surface area (Å²) < 4.78 is 4.95. The number of benzene rings is 2. The third-order valence-corrected chi connectivity index (χ3v) is 3.20. The highest BCUT2D eigenvalue weighted by Gasteiger charge is 2.10. The van der Waals surface area contributed by atoms with Gasteiger partial charge in [0.2, 0.25) is 0 Å². The van der Waals surface area contributed by atoms with Crippen LogP contribution in [0.1, 0.15) is 21.5 Å². The van der Waals surface area contributed by atoms with Gasteiger partial charge in [-0.3, -0.25) is 4.79 Å². The number of nitrogens with one attached hydrogen (secondary N) is 1. The van der Waals surface area contributed by atoms with Crippen LogP contribution in [0.5, 0.6) is 0 Å². The fraction of sp³-hybridized carbons (Fsp3) is 0.176. The van der Waals surface area contributed by atoms with E-state index in [1.807, 2.05) is 31.2 Å². The number of esters is 1. The molecule has 2 aromatic carbocycles. The van der Waals surface area contributed by atoms with Crippen molar-refractivity contribution >= 4 is 23.5 Å². The molecular formula is C17H16ClNO3. The molecule has 0 spiro atoms. The van der Waals surface area contributed by atoms with E-state index in [1.165, 1.54) is 6.07 Å². The van der Waals surface area contributed by atoms with Crippen LogP contribution in [0.3, 0.4) is 0 Å². The Morgan fingerprint density at radius 3 is 2.64 bits per heavy atom. The monoisotopic (exact) mass is 317 g/mol. The largest absolute Gasteiger partial charge is 0.452 e. The number of carbonyl (C=O) groups excluding carboxylic acids is 2. The van der Waals surface area contributed by atoms with Crippen molar-refractivity contribution in [2.45, 2.75) is 13.5 Å². The number of aryl methyl sites for hydroxylation is 1. The average Bonchev–Trinajstić information content (AvgIpc) is 2.50. The van der Waals surface area contributed by atoms with Gasteiger partial charge in [-0.25, -0.2) is 4.79 Å². The first kappa shape index (κ1) is 16.0. The summed E-state index contributed by atoms with van der Waals surface area (Å²) in [4.78, 5) is 23.4. The molecule has 4 nitrogen and oxygen atoms in total. The molecule has 2 aromatic rings. The Bertz CT molecular complexity index is 685. The Labute approximate surface area is 134 Å². The predicted molar refractivity (Wildman–Crippen MR) is 84.8 cm³/mol. The maximum absolute atomic E-state index is 11.8. The summed E-state index contributed by atoms with van der Waals surface area (Å²) in [5, 5.41) is 3.15. The molecule has 0 radical (unpaired) electrons. The van der Waals surface area contributed by atoms with Crippen LogP contribution in [0.4, 0.5) is 0 Å². The summed E-state index contributed by atoms with van der Waals surface area (Å²) in [6, 6.07) is 14.2. The van der Waals surface area contributed by atoms with Gasteiger partial charge in [-0.2, -0.15) is 0 Å². The molecule has 0 saturated carbocycles. The SMILES string of the molecule is Cc1cccc(CNC(=O)COC(=O)c2cccc(Cl)c2)c1. The first-order valence-corrected chi connectivity index (χ1v) is 7.17. The Hall–Kier alpha value is -2.33. The lowest BCUT2D eigenvalue weighted by Gasteiger charge is -2.07. The fourth-order valence-corrected chi connectivity index (χ4v) is 2.09. The summed E-state index contributed by atoms with van der Waals surface area (Å²) in [6.07, 6.45) is 0. The van der Waals surface area contributed by atoms with Crippen molar-refractivity contribution in [1.82, 2.24) is 5.32 Å². The highest BCUT2D eigenvalue weighted by Crippen LogP contribution is 2.11. The van der Waals surface area contributed by atoms with Crippen molar-refractivity contribution < 1.29 is 14.3 Å². The van der Waals surface area contributed by atoms with E-state index in [0.29, 0.717) is 17.1 Å². The third-order valence-electron chi connectivity index (χ3n) is 2.97. The first-order valence-electron chi connectivity index (χ1n) is 6.79. The Kier molecular flexibility index (Phi) is 5.55. The smallest absolute Gasteiger partial charge is 0.338 e. The van der Waals surface area contributed by atoms with Gasteiger partial charge in [0.15, 0.2) is 6.61 Å². The third kappa shape index (κ3) is 4.90. The number of carbonyl (C=O) groups is 2. The van der Waals surface area contributed by atoms with Crippen LogP contribution in [0.2, 0.25) is 5.02 Å². The van der Waals surface area contributed by atoms with Crippen molar-refractivity contribution in [3.05, 3.63) is 70.2 Å². The number of rotatable bonds is 5. The minimum Gasteiger partial charge on any atom is -0.452 e. The minimum atomic E-state index is -0.576. The number of ether oxygens (including phenoxy) is 1. The van der Waals surface area contributed by atoms with Crippen LogP contribution in [-0.4, -0.2) is 18.5 Å². The van der Waals surface area contributed by atoms with E-state index in [0.717, 1.165) is 11.1 Å². The molecule has 0 aliphatic heterocycles. The molecule has 114 valence electrons. The lowest BCUT2D eigenvalue weighted by Crippen LogP contribution is -2.28. The van der Waals surface area contributed by atoms with E-state index in [1.54, 1.807) is 18.2 Å². The molecule has 2 rings (SSSR count). The molecule has 1 amide bonds. The summed E-state index contributed by atoms with van der Waals surface area (Å²) in [7, 11) is 0.